The highest BCUT2D eigenvalue weighted by atomic mass is 32.2. The summed E-state index contributed by atoms with van der Waals surface area (Å²) in [6, 6.07) is 4.39. The van der Waals surface area contributed by atoms with Crippen molar-refractivity contribution < 1.29 is 26.5 Å². The van der Waals surface area contributed by atoms with Crippen molar-refractivity contribution in [3.63, 3.8) is 0 Å². The van der Waals surface area contributed by atoms with Crippen LogP contribution in [0.5, 0.6) is 0 Å². The number of hydrogen-bond donors (Lipinski definition) is 2. The summed E-state index contributed by atoms with van der Waals surface area (Å²) in [6.07, 6.45) is 1.35. The monoisotopic (exact) mass is 378 g/mol. The molecule has 0 saturated heterocycles. The summed E-state index contributed by atoms with van der Waals surface area (Å²) in [6.45, 7) is 3.81. The Morgan fingerprint density at radius 3 is 2.12 bits per heavy atom. The maximum atomic E-state index is 12.3. The first-order valence-corrected chi connectivity index (χ1v) is 10.6. The van der Waals surface area contributed by atoms with Crippen LogP contribution in [0.4, 0.5) is 0 Å². The minimum Gasteiger partial charge on any atom is -0.354 e. The fourth-order valence-corrected chi connectivity index (χ4v) is 4.41. The third kappa shape index (κ3) is 5.55. The van der Waals surface area contributed by atoms with E-state index in [2.05, 4.69) is 10.2 Å². The van der Waals surface area contributed by atoms with Gasteiger partial charge in [-0.3, -0.25) is 0 Å². The second-order valence-electron chi connectivity index (χ2n) is 5.70. The Bertz CT molecular complexity index is 787. The van der Waals surface area contributed by atoms with Crippen LogP contribution in [0.25, 0.3) is 0 Å². The van der Waals surface area contributed by atoms with E-state index in [-0.39, 0.29) is 10.8 Å². The van der Waals surface area contributed by atoms with Gasteiger partial charge in [0.05, 0.1) is 4.90 Å². The zero-order chi connectivity index (χ0) is 18.5. The molecule has 0 aromatic heterocycles. The highest BCUT2D eigenvalue weighted by Gasteiger charge is 2.27. The maximum Gasteiger partial charge on any atom is 0.342 e. The molecule has 0 radical (unpaired) electrons. The van der Waals surface area contributed by atoms with Crippen LogP contribution in [0.1, 0.15) is 20.3 Å². The number of benzene rings is 1. The van der Waals surface area contributed by atoms with Crippen LogP contribution in [0.3, 0.4) is 0 Å². The molecule has 136 valence electrons. The van der Waals surface area contributed by atoms with Gasteiger partial charge in [-0.1, -0.05) is 26.0 Å². The van der Waals surface area contributed by atoms with Crippen LogP contribution in [0.2, 0.25) is 0 Å². The van der Waals surface area contributed by atoms with Crippen molar-refractivity contribution in [1.29, 1.82) is 0 Å². The van der Waals surface area contributed by atoms with Crippen molar-refractivity contribution in [2.24, 2.45) is 5.92 Å². The fourth-order valence-electron chi connectivity index (χ4n) is 1.99. The molecule has 8 nitrogen and oxygen atoms in total. The zero-order valence-corrected chi connectivity index (χ0v) is 15.6. The molecule has 2 N–H and O–H groups in total. The zero-order valence-electron chi connectivity index (χ0n) is 13.9. The number of rotatable bonds is 8. The Balaban J connectivity index is 2.98. The van der Waals surface area contributed by atoms with E-state index >= 15 is 0 Å². The molecule has 0 saturated carbocycles. The fraction of sp³-hybridized carbons (Fsp3) is 0.500. The summed E-state index contributed by atoms with van der Waals surface area (Å²) in [4.78, 5) is 17.4. The molecule has 0 fully saturated rings. The van der Waals surface area contributed by atoms with E-state index < -0.39 is 36.8 Å². The van der Waals surface area contributed by atoms with Crippen molar-refractivity contribution >= 4 is 25.8 Å². The van der Waals surface area contributed by atoms with E-state index in [1.807, 2.05) is 13.8 Å². The first-order chi connectivity index (χ1) is 11.0. The van der Waals surface area contributed by atoms with Gasteiger partial charge in [0, 0.05) is 6.26 Å². The molecule has 0 aliphatic rings. The van der Waals surface area contributed by atoms with Crippen LogP contribution < -0.4 is 10.2 Å². The number of hydrogen-bond acceptors (Lipinski definition) is 7. The van der Waals surface area contributed by atoms with E-state index in [1.165, 1.54) is 18.2 Å². The average Bonchev–Trinajstić information content (AvgIpc) is 2.49. The van der Waals surface area contributed by atoms with Gasteiger partial charge in [-0.2, -0.15) is 0 Å². The molecular weight excluding hydrogens is 356 g/mol. The van der Waals surface area contributed by atoms with Crippen LogP contribution in [-0.2, 0) is 29.5 Å². The normalized spacial score (nSPS) is 13.7. The van der Waals surface area contributed by atoms with E-state index in [0.29, 0.717) is 6.42 Å². The van der Waals surface area contributed by atoms with Gasteiger partial charge < -0.3 is 10.2 Å². The highest BCUT2D eigenvalue weighted by Crippen LogP contribution is 2.20. The first-order valence-electron chi connectivity index (χ1n) is 7.18. The second kappa shape index (κ2) is 8.06. The lowest BCUT2D eigenvalue weighted by atomic mass is 10.0. The molecule has 10 heteroatoms. The standard InChI is InChI=1S/C14H22N2O6S2/c1-10(2)9-11(15-3)14(17)22-16-24(20,21)13-8-6-5-7-12(13)23(4,18)19/h5-8,10-11,15-16H,9H2,1-4H3. The quantitative estimate of drug-likeness (QED) is 0.631. The van der Waals surface area contributed by atoms with Crippen molar-refractivity contribution in [2.45, 2.75) is 36.1 Å². The summed E-state index contributed by atoms with van der Waals surface area (Å²) in [7, 11) is -6.55. The van der Waals surface area contributed by atoms with Gasteiger partial charge >= 0.3 is 5.97 Å². The Hall–Kier alpha value is -1.49. The van der Waals surface area contributed by atoms with Crippen LogP contribution in [0.15, 0.2) is 34.1 Å². The Kier molecular flexibility index (Phi) is 6.90. The number of sulfonamides is 1. The molecule has 0 aliphatic heterocycles. The molecule has 0 bridgehead atoms. The van der Waals surface area contributed by atoms with Gasteiger partial charge in [-0.25, -0.2) is 21.6 Å². The van der Waals surface area contributed by atoms with Gasteiger partial charge in [0.2, 0.25) is 0 Å². The molecular formula is C14H22N2O6S2. The third-order valence-corrected chi connectivity index (χ3v) is 5.65. The molecule has 0 spiro atoms. The first kappa shape index (κ1) is 20.6. The minimum atomic E-state index is -4.34. The molecule has 0 heterocycles. The number of carbonyl (C=O) groups excluding carboxylic acids is 1. The number of likely N-dealkylation sites (N-methyl/N-ethyl adjacent to an activating group) is 1. The smallest absolute Gasteiger partial charge is 0.342 e. The molecule has 24 heavy (non-hydrogen) atoms. The molecule has 1 rings (SSSR count). The van der Waals surface area contributed by atoms with Crippen LogP contribution in [-0.4, -0.2) is 42.2 Å². The summed E-state index contributed by atoms with van der Waals surface area (Å²) in [5, 5.41) is 2.74. The molecule has 1 aromatic rings. The van der Waals surface area contributed by atoms with Gasteiger partial charge in [0.25, 0.3) is 10.0 Å². The Morgan fingerprint density at radius 2 is 1.67 bits per heavy atom. The number of carbonyl (C=O) groups is 1. The van der Waals surface area contributed by atoms with Crippen molar-refractivity contribution in [1.82, 2.24) is 10.2 Å². The predicted molar refractivity (Wildman–Crippen MR) is 88.3 cm³/mol. The lowest BCUT2D eigenvalue weighted by Crippen LogP contribution is -2.40. The lowest BCUT2D eigenvalue weighted by molar-refractivity contribution is -0.150. The molecule has 1 aromatic carbocycles. The largest absolute Gasteiger partial charge is 0.354 e. The third-order valence-electron chi connectivity index (χ3n) is 3.13. The summed E-state index contributed by atoms with van der Waals surface area (Å²) >= 11 is 0. The number of sulfone groups is 1. The predicted octanol–water partition coefficient (Wildman–Crippen LogP) is 0.461. The van der Waals surface area contributed by atoms with Gasteiger partial charge in [-0.05, 0) is 36.4 Å². The summed E-state index contributed by atoms with van der Waals surface area (Å²) < 4.78 is 47.9. The van der Waals surface area contributed by atoms with Crippen LogP contribution >= 0.6 is 0 Å². The van der Waals surface area contributed by atoms with E-state index in [4.69, 9.17) is 0 Å². The van der Waals surface area contributed by atoms with Crippen molar-refractivity contribution in [2.75, 3.05) is 13.3 Å². The van der Waals surface area contributed by atoms with E-state index in [0.717, 1.165) is 12.3 Å². The molecule has 0 aliphatic carbocycles. The van der Waals surface area contributed by atoms with Gasteiger partial charge in [0.1, 0.15) is 10.9 Å². The second-order valence-corrected chi connectivity index (χ2v) is 9.30. The van der Waals surface area contributed by atoms with Crippen molar-refractivity contribution in [3.05, 3.63) is 24.3 Å². The Labute approximate surface area is 142 Å². The average molecular weight is 378 g/mol. The van der Waals surface area contributed by atoms with Gasteiger partial charge in [0.15, 0.2) is 9.84 Å². The lowest BCUT2D eigenvalue weighted by Gasteiger charge is -2.17. The van der Waals surface area contributed by atoms with E-state index in [9.17, 15) is 21.6 Å². The van der Waals surface area contributed by atoms with Gasteiger partial charge in [-0.15, -0.1) is 0 Å². The SMILES string of the molecule is CNC(CC(C)C)C(=O)ONS(=O)(=O)c1ccccc1S(C)(=O)=O. The van der Waals surface area contributed by atoms with E-state index in [1.54, 1.807) is 11.9 Å². The topological polar surface area (TPSA) is 119 Å². The molecule has 0 amide bonds. The number of nitrogens with one attached hydrogen (secondary N) is 2. The van der Waals surface area contributed by atoms with Crippen molar-refractivity contribution in [3.8, 4) is 0 Å². The molecule has 1 unspecified atom stereocenters. The molecule has 1 atom stereocenters. The van der Waals surface area contributed by atoms with Crippen LogP contribution in [0, 0.1) is 5.92 Å². The Morgan fingerprint density at radius 1 is 1.12 bits per heavy atom. The summed E-state index contributed by atoms with van der Waals surface area (Å²) in [5.41, 5.74) is 0. The highest BCUT2D eigenvalue weighted by molar-refractivity contribution is 7.93. The summed E-state index contributed by atoms with van der Waals surface area (Å²) in [5.74, 6) is -0.607. The minimum absolute atomic E-state index is 0.192. The maximum absolute atomic E-state index is 12.3.